The Labute approximate surface area is 162 Å². The number of carbonyl (C=O) groups excluding carboxylic acids is 2. The molecule has 0 aliphatic carbocycles. The highest BCUT2D eigenvalue weighted by Gasteiger charge is 2.40. The van der Waals surface area contributed by atoms with Gasteiger partial charge in [0.1, 0.15) is 11.6 Å². The van der Waals surface area contributed by atoms with Crippen LogP contribution in [0.25, 0.3) is 0 Å². The first-order chi connectivity index (χ1) is 13.5. The molecule has 3 amide bonds. The second-order valence-corrected chi connectivity index (χ2v) is 6.71. The first-order valence-corrected chi connectivity index (χ1v) is 9.12. The van der Waals surface area contributed by atoms with Crippen molar-refractivity contribution in [2.24, 2.45) is 0 Å². The summed E-state index contributed by atoms with van der Waals surface area (Å²) < 4.78 is 18.6. The molecule has 2 aromatic carbocycles. The van der Waals surface area contributed by atoms with E-state index in [9.17, 15) is 14.0 Å². The van der Waals surface area contributed by atoms with E-state index < -0.39 is 6.04 Å². The number of nitrogens with one attached hydrogen (secondary N) is 2. The first-order valence-electron chi connectivity index (χ1n) is 9.12. The minimum absolute atomic E-state index is 0.147. The summed E-state index contributed by atoms with van der Waals surface area (Å²) in [7, 11) is 0. The molecule has 28 heavy (non-hydrogen) atoms. The molecule has 2 aliphatic rings. The van der Waals surface area contributed by atoms with E-state index in [1.807, 2.05) is 31.2 Å². The van der Waals surface area contributed by atoms with E-state index in [-0.39, 0.29) is 17.8 Å². The lowest BCUT2D eigenvalue weighted by molar-refractivity contribution is -0.126. The van der Waals surface area contributed by atoms with Gasteiger partial charge in [-0.1, -0.05) is 24.3 Å². The van der Waals surface area contributed by atoms with Crippen molar-refractivity contribution in [2.75, 3.05) is 13.2 Å². The van der Waals surface area contributed by atoms with Crippen molar-refractivity contribution in [3.63, 3.8) is 0 Å². The predicted molar refractivity (Wildman–Crippen MR) is 101 cm³/mol. The zero-order valence-corrected chi connectivity index (χ0v) is 15.4. The van der Waals surface area contributed by atoms with Crippen LogP contribution >= 0.6 is 0 Å². The van der Waals surface area contributed by atoms with Gasteiger partial charge >= 0.3 is 6.03 Å². The summed E-state index contributed by atoms with van der Waals surface area (Å²) in [6, 6.07) is 12.5. The topological polar surface area (TPSA) is 70.7 Å². The van der Waals surface area contributed by atoms with E-state index in [1.165, 1.54) is 12.1 Å². The van der Waals surface area contributed by atoms with Crippen molar-refractivity contribution in [1.82, 2.24) is 15.5 Å². The van der Waals surface area contributed by atoms with Gasteiger partial charge in [0.2, 0.25) is 0 Å². The van der Waals surface area contributed by atoms with E-state index in [2.05, 4.69) is 10.6 Å². The third kappa shape index (κ3) is 3.43. The quantitative estimate of drug-likeness (QED) is 0.837. The fourth-order valence-corrected chi connectivity index (χ4v) is 3.54. The van der Waals surface area contributed by atoms with Gasteiger partial charge in [-0.3, -0.25) is 4.79 Å². The maximum Gasteiger partial charge on any atom is 0.319 e. The molecule has 0 aromatic heterocycles. The third-order valence-electron chi connectivity index (χ3n) is 4.83. The van der Waals surface area contributed by atoms with Crippen LogP contribution in [0.5, 0.6) is 5.75 Å². The number of hydrogen-bond donors (Lipinski definition) is 2. The zero-order valence-electron chi connectivity index (χ0n) is 15.4. The van der Waals surface area contributed by atoms with Gasteiger partial charge in [0, 0.05) is 6.54 Å². The molecule has 1 atom stereocenters. The molecule has 7 heteroatoms. The van der Waals surface area contributed by atoms with Crippen molar-refractivity contribution >= 4 is 11.9 Å². The zero-order chi connectivity index (χ0) is 19.7. The number of hydrogen-bond acceptors (Lipinski definition) is 3. The highest BCUT2D eigenvalue weighted by molar-refractivity contribution is 6.01. The molecular weight excluding hydrogens is 361 g/mol. The Morgan fingerprint density at radius 2 is 1.82 bits per heavy atom. The summed E-state index contributed by atoms with van der Waals surface area (Å²) >= 11 is 0. The molecule has 0 radical (unpaired) electrons. The maximum absolute atomic E-state index is 13.1. The summed E-state index contributed by atoms with van der Waals surface area (Å²) in [5.74, 6) is 0.267. The van der Waals surface area contributed by atoms with Crippen LogP contribution in [0.3, 0.4) is 0 Å². The summed E-state index contributed by atoms with van der Waals surface area (Å²) in [4.78, 5) is 26.8. The van der Waals surface area contributed by atoms with Gasteiger partial charge < -0.3 is 20.3 Å². The molecule has 6 nitrogen and oxygen atoms in total. The van der Waals surface area contributed by atoms with Gasteiger partial charge in [-0.2, -0.15) is 0 Å². The average Bonchev–Trinajstić information content (AvgIpc) is 2.99. The first kappa shape index (κ1) is 18.0. The number of halogens is 1. The Balaban J connectivity index is 1.58. The van der Waals surface area contributed by atoms with Crippen LogP contribution in [0.1, 0.15) is 24.1 Å². The highest BCUT2D eigenvalue weighted by atomic mass is 19.1. The molecule has 0 saturated carbocycles. The van der Waals surface area contributed by atoms with E-state index >= 15 is 0 Å². The number of nitrogens with zero attached hydrogens (tertiary/aromatic N) is 1. The third-order valence-corrected chi connectivity index (χ3v) is 4.83. The second-order valence-electron chi connectivity index (χ2n) is 6.71. The summed E-state index contributed by atoms with van der Waals surface area (Å²) in [6.07, 6.45) is 0. The van der Waals surface area contributed by atoms with Gasteiger partial charge in [-0.15, -0.1) is 0 Å². The largest absolute Gasteiger partial charge is 0.494 e. The van der Waals surface area contributed by atoms with Gasteiger partial charge in [0.15, 0.2) is 0 Å². The Morgan fingerprint density at radius 1 is 1.11 bits per heavy atom. The number of benzene rings is 2. The van der Waals surface area contributed by atoms with E-state index in [0.29, 0.717) is 31.0 Å². The Kier molecular flexibility index (Phi) is 4.73. The van der Waals surface area contributed by atoms with E-state index in [1.54, 1.807) is 17.0 Å². The molecule has 0 bridgehead atoms. The van der Waals surface area contributed by atoms with E-state index in [0.717, 1.165) is 16.9 Å². The lowest BCUT2D eigenvalue weighted by Gasteiger charge is -2.25. The second kappa shape index (κ2) is 7.34. The van der Waals surface area contributed by atoms with Crippen LogP contribution in [0.2, 0.25) is 0 Å². The molecule has 0 spiro atoms. The van der Waals surface area contributed by atoms with Crippen LogP contribution in [0.15, 0.2) is 59.8 Å². The highest BCUT2D eigenvalue weighted by Crippen LogP contribution is 2.33. The lowest BCUT2D eigenvalue weighted by Crippen LogP contribution is -2.44. The standard InChI is InChI=1S/C21H20FN3O3/c1-2-28-16-9-5-14(6-10-16)19-18-17(23-21(27)24-19)12-25(20(18)26)11-13-3-7-15(22)8-4-13/h3-10,19H,2,11-12H2,1H3,(H2,23,24,27). The molecule has 2 heterocycles. The number of ether oxygens (including phenoxy) is 1. The lowest BCUT2D eigenvalue weighted by atomic mass is 9.96. The average molecular weight is 381 g/mol. The minimum Gasteiger partial charge on any atom is -0.494 e. The monoisotopic (exact) mass is 381 g/mol. The molecule has 2 aromatic rings. The summed E-state index contributed by atoms with van der Waals surface area (Å²) in [5.41, 5.74) is 2.77. The molecule has 144 valence electrons. The smallest absolute Gasteiger partial charge is 0.319 e. The van der Waals surface area contributed by atoms with Gasteiger partial charge in [0.05, 0.1) is 30.5 Å². The van der Waals surface area contributed by atoms with Crippen LogP contribution in [-0.2, 0) is 11.3 Å². The SMILES string of the molecule is CCOc1ccc(C2NC(=O)NC3=C2C(=O)N(Cc2ccc(F)cc2)C3)cc1. The minimum atomic E-state index is -0.523. The van der Waals surface area contributed by atoms with Crippen molar-refractivity contribution < 1.29 is 18.7 Å². The molecule has 1 unspecified atom stereocenters. The molecule has 0 fully saturated rings. The molecule has 2 aliphatic heterocycles. The fourth-order valence-electron chi connectivity index (χ4n) is 3.54. The Morgan fingerprint density at radius 3 is 2.50 bits per heavy atom. The van der Waals surface area contributed by atoms with Crippen LogP contribution in [0.4, 0.5) is 9.18 Å². The van der Waals surface area contributed by atoms with E-state index in [4.69, 9.17) is 4.74 Å². The summed E-state index contributed by atoms with van der Waals surface area (Å²) in [5, 5.41) is 5.58. The molecule has 2 N–H and O–H groups in total. The van der Waals surface area contributed by atoms with Crippen LogP contribution in [-0.4, -0.2) is 30.0 Å². The van der Waals surface area contributed by atoms with Crippen molar-refractivity contribution in [2.45, 2.75) is 19.5 Å². The summed E-state index contributed by atoms with van der Waals surface area (Å²) in [6.45, 7) is 3.13. The molecule has 4 rings (SSSR count). The number of amides is 3. The van der Waals surface area contributed by atoms with Crippen LogP contribution < -0.4 is 15.4 Å². The number of urea groups is 1. The van der Waals surface area contributed by atoms with Crippen molar-refractivity contribution in [1.29, 1.82) is 0 Å². The van der Waals surface area contributed by atoms with Gasteiger partial charge in [0.25, 0.3) is 5.91 Å². The normalized spacial score (nSPS) is 18.6. The molecular formula is C21H20FN3O3. The molecule has 0 saturated heterocycles. The van der Waals surface area contributed by atoms with Crippen molar-refractivity contribution in [3.8, 4) is 5.75 Å². The van der Waals surface area contributed by atoms with Crippen LogP contribution in [0, 0.1) is 5.82 Å². The predicted octanol–water partition coefficient (Wildman–Crippen LogP) is 2.87. The maximum atomic E-state index is 13.1. The fraction of sp³-hybridized carbons (Fsp3) is 0.238. The van der Waals surface area contributed by atoms with Crippen molar-refractivity contribution in [3.05, 3.63) is 76.7 Å². The Hall–Kier alpha value is -3.35. The Bertz CT molecular complexity index is 938. The van der Waals surface area contributed by atoms with Gasteiger partial charge in [-0.25, -0.2) is 9.18 Å². The number of rotatable bonds is 5. The number of carbonyl (C=O) groups is 2. The van der Waals surface area contributed by atoms with Gasteiger partial charge in [-0.05, 0) is 42.3 Å².